The van der Waals surface area contributed by atoms with Crippen LogP contribution in [0.3, 0.4) is 0 Å². The normalized spacial score (nSPS) is 9.86. The van der Waals surface area contributed by atoms with Crippen LogP contribution in [0, 0.1) is 5.82 Å². The SMILES string of the molecule is COc1cc(OC)c(-c2ccc(CF)cc2)c(OC)c1.FOc1ccc(F)cc1. The summed E-state index contributed by atoms with van der Waals surface area (Å²) in [6.07, 6.45) is 0. The molecule has 0 unspecified atom stereocenters. The Kier molecular flexibility index (Phi) is 8.21. The summed E-state index contributed by atoms with van der Waals surface area (Å²) in [5.41, 5.74) is 2.36. The highest BCUT2D eigenvalue weighted by Gasteiger charge is 2.15. The summed E-state index contributed by atoms with van der Waals surface area (Å²) in [5.74, 6) is 1.55. The van der Waals surface area contributed by atoms with Crippen molar-refractivity contribution in [1.82, 2.24) is 0 Å². The fraction of sp³-hybridized carbons (Fsp3) is 0.182. The van der Waals surface area contributed by atoms with E-state index in [1.807, 2.05) is 12.1 Å². The van der Waals surface area contributed by atoms with Crippen molar-refractivity contribution in [2.24, 2.45) is 0 Å². The molecule has 3 rings (SSSR count). The highest BCUT2D eigenvalue weighted by atomic mass is 19.3. The van der Waals surface area contributed by atoms with Crippen LogP contribution in [-0.4, -0.2) is 21.3 Å². The third kappa shape index (κ3) is 5.81. The Labute approximate surface area is 167 Å². The quantitative estimate of drug-likeness (QED) is 0.508. The number of halogens is 3. The largest absolute Gasteiger partial charge is 0.496 e. The van der Waals surface area contributed by atoms with Gasteiger partial charge in [0.25, 0.3) is 0 Å². The summed E-state index contributed by atoms with van der Waals surface area (Å²) >= 11 is 0. The number of ether oxygens (including phenoxy) is 3. The summed E-state index contributed by atoms with van der Waals surface area (Å²) in [4.78, 5) is 3.30. The van der Waals surface area contributed by atoms with Crippen LogP contribution in [0.1, 0.15) is 5.56 Å². The Balaban J connectivity index is 0.000000278. The van der Waals surface area contributed by atoms with Crippen LogP contribution in [0.4, 0.5) is 13.3 Å². The molecule has 3 aromatic carbocycles. The van der Waals surface area contributed by atoms with Crippen LogP contribution in [0.25, 0.3) is 11.1 Å². The molecule has 0 aliphatic carbocycles. The second kappa shape index (κ2) is 10.8. The minimum atomic E-state index is -0.475. The van der Waals surface area contributed by atoms with Gasteiger partial charge in [0.15, 0.2) is 5.75 Å². The smallest absolute Gasteiger partial charge is 0.172 e. The molecule has 0 heterocycles. The van der Waals surface area contributed by atoms with Gasteiger partial charge in [-0.2, -0.15) is 0 Å². The first-order valence-corrected chi connectivity index (χ1v) is 8.55. The van der Waals surface area contributed by atoms with Crippen LogP contribution in [0.15, 0.2) is 60.7 Å². The van der Waals surface area contributed by atoms with Crippen molar-refractivity contribution in [3.63, 3.8) is 0 Å². The Hall–Kier alpha value is -3.35. The highest BCUT2D eigenvalue weighted by Crippen LogP contribution is 2.41. The molecule has 29 heavy (non-hydrogen) atoms. The van der Waals surface area contributed by atoms with Gasteiger partial charge >= 0.3 is 0 Å². The maximum atomic E-state index is 12.6. The van der Waals surface area contributed by atoms with E-state index in [1.54, 1.807) is 45.6 Å². The van der Waals surface area contributed by atoms with Gasteiger partial charge in [0, 0.05) is 16.7 Å². The molecule has 0 bridgehead atoms. The molecule has 0 aliphatic heterocycles. The van der Waals surface area contributed by atoms with E-state index >= 15 is 0 Å². The summed E-state index contributed by atoms with van der Waals surface area (Å²) in [5, 5.41) is 0. The van der Waals surface area contributed by atoms with Crippen molar-refractivity contribution in [2.45, 2.75) is 6.67 Å². The first kappa shape index (κ1) is 21.9. The zero-order chi connectivity index (χ0) is 21.2. The first-order chi connectivity index (χ1) is 14.1. The van der Waals surface area contributed by atoms with E-state index in [-0.39, 0.29) is 5.75 Å². The number of rotatable bonds is 6. The van der Waals surface area contributed by atoms with Crippen molar-refractivity contribution in [3.8, 4) is 34.1 Å². The molecule has 0 saturated heterocycles. The molecule has 4 nitrogen and oxygen atoms in total. The molecule has 0 aromatic heterocycles. The van der Waals surface area contributed by atoms with Crippen molar-refractivity contribution < 1.29 is 32.5 Å². The average molecular weight is 406 g/mol. The van der Waals surface area contributed by atoms with Gasteiger partial charge in [-0.15, -0.1) is 0 Å². The molecular formula is C22H21F3O4. The second-order valence-electron chi connectivity index (χ2n) is 5.77. The number of methoxy groups -OCH3 is 3. The molecule has 3 aromatic rings. The Morgan fingerprint density at radius 2 is 1.28 bits per heavy atom. The van der Waals surface area contributed by atoms with Crippen molar-refractivity contribution in [2.75, 3.05) is 21.3 Å². The number of hydrogen-bond acceptors (Lipinski definition) is 4. The molecule has 0 N–H and O–H groups in total. The van der Waals surface area contributed by atoms with Crippen LogP contribution < -0.4 is 19.2 Å². The fourth-order valence-electron chi connectivity index (χ4n) is 2.54. The van der Waals surface area contributed by atoms with Gasteiger partial charge in [0.05, 0.1) is 26.9 Å². The molecule has 0 fully saturated rings. The molecular weight excluding hydrogens is 385 g/mol. The van der Waals surface area contributed by atoms with E-state index in [1.165, 1.54) is 12.1 Å². The summed E-state index contributed by atoms with van der Waals surface area (Å²) < 4.78 is 51.9. The third-order valence-corrected chi connectivity index (χ3v) is 4.01. The topological polar surface area (TPSA) is 36.9 Å². The van der Waals surface area contributed by atoms with Crippen LogP contribution in [0.5, 0.6) is 23.0 Å². The molecule has 0 spiro atoms. The van der Waals surface area contributed by atoms with E-state index in [9.17, 15) is 13.3 Å². The van der Waals surface area contributed by atoms with E-state index in [4.69, 9.17) is 14.2 Å². The predicted octanol–water partition coefficient (Wildman–Crippen LogP) is 5.94. The molecule has 0 amide bonds. The van der Waals surface area contributed by atoms with Gasteiger partial charge in [-0.05, 0) is 35.4 Å². The van der Waals surface area contributed by atoms with Gasteiger partial charge in [-0.25, -0.2) is 8.78 Å². The fourth-order valence-corrected chi connectivity index (χ4v) is 2.54. The van der Waals surface area contributed by atoms with Crippen LogP contribution >= 0.6 is 0 Å². The number of benzene rings is 3. The summed E-state index contributed by atoms with van der Waals surface area (Å²) in [6, 6.07) is 15.4. The zero-order valence-electron chi connectivity index (χ0n) is 16.2. The minimum Gasteiger partial charge on any atom is -0.496 e. The van der Waals surface area contributed by atoms with Gasteiger partial charge < -0.3 is 14.2 Å². The van der Waals surface area contributed by atoms with Gasteiger partial charge in [0.1, 0.15) is 29.7 Å². The van der Waals surface area contributed by atoms with Gasteiger partial charge in [-0.1, -0.05) is 24.3 Å². The van der Waals surface area contributed by atoms with E-state index in [2.05, 4.69) is 4.94 Å². The van der Waals surface area contributed by atoms with E-state index in [0.717, 1.165) is 23.3 Å². The summed E-state index contributed by atoms with van der Waals surface area (Å²) in [6.45, 7) is -0.475. The van der Waals surface area contributed by atoms with Crippen molar-refractivity contribution >= 4 is 0 Å². The van der Waals surface area contributed by atoms with Crippen LogP contribution in [-0.2, 0) is 6.67 Å². The second-order valence-corrected chi connectivity index (χ2v) is 5.77. The molecule has 7 heteroatoms. The average Bonchev–Trinajstić information content (AvgIpc) is 2.79. The Morgan fingerprint density at radius 3 is 1.69 bits per heavy atom. The molecule has 0 saturated carbocycles. The van der Waals surface area contributed by atoms with Crippen LogP contribution in [0.2, 0.25) is 0 Å². The summed E-state index contributed by atoms with van der Waals surface area (Å²) in [7, 11) is 4.77. The maximum Gasteiger partial charge on any atom is 0.172 e. The molecule has 154 valence electrons. The standard InChI is InChI=1S/C16H17FO3.C6H4F2O/c1-18-13-8-14(19-2)16(15(9-13)20-3)12-6-4-11(10-17)5-7-12;7-5-1-3-6(9-8)4-2-5/h4-9H,10H2,1-3H3;1-4H. The number of alkyl halides is 1. The lowest BCUT2D eigenvalue weighted by Crippen LogP contribution is -1.95. The zero-order valence-corrected chi connectivity index (χ0v) is 16.2. The minimum absolute atomic E-state index is 0.0106. The van der Waals surface area contributed by atoms with Crippen molar-refractivity contribution in [1.29, 1.82) is 0 Å². The predicted molar refractivity (Wildman–Crippen MR) is 104 cm³/mol. The molecule has 0 aliphatic rings. The monoisotopic (exact) mass is 406 g/mol. The lowest BCUT2D eigenvalue weighted by molar-refractivity contribution is -0.00628. The molecule has 0 atom stereocenters. The highest BCUT2D eigenvalue weighted by molar-refractivity contribution is 5.78. The van der Waals surface area contributed by atoms with Gasteiger partial charge in [0.2, 0.25) is 0 Å². The van der Waals surface area contributed by atoms with E-state index in [0.29, 0.717) is 22.8 Å². The Bertz CT molecular complexity index is 872. The lowest BCUT2D eigenvalue weighted by atomic mass is 10.0. The van der Waals surface area contributed by atoms with Crippen molar-refractivity contribution in [3.05, 3.63) is 72.0 Å². The first-order valence-electron chi connectivity index (χ1n) is 8.55. The van der Waals surface area contributed by atoms with Gasteiger partial charge in [-0.3, -0.25) is 4.94 Å². The molecule has 0 radical (unpaired) electrons. The lowest BCUT2D eigenvalue weighted by Gasteiger charge is -2.15. The maximum absolute atomic E-state index is 12.6. The third-order valence-electron chi connectivity index (χ3n) is 4.01. The number of hydrogen-bond donors (Lipinski definition) is 0. The van der Waals surface area contributed by atoms with E-state index < -0.39 is 12.5 Å². The Morgan fingerprint density at radius 1 is 0.724 bits per heavy atom.